The molecule has 0 aromatic rings. The summed E-state index contributed by atoms with van der Waals surface area (Å²) in [6.07, 6.45) is 7.55. The molecule has 76 valence electrons. The van der Waals surface area contributed by atoms with Crippen LogP contribution in [0.15, 0.2) is 42.1 Å². The first-order valence-electron chi connectivity index (χ1n) is 4.76. The summed E-state index contributed by atoms with van der Waals surface area (Å²) in [6.45, 7) is 9.01. The number of alkyl halides is 1. The van der Waals surface area contributed by atoms with Gasteiger partial charge in [0.2, 0.25) is 0 Å². The van der Waals surface area contributed by atoms with E-state index in [2.05, 4.69) is 18.2 Å². The second-order valence-corrected chi connectivity index (χ2v) is 3.59. The summed E-state index contributed by atoms with van der Waals surface area (Å²) in [4.78, 5) is 4.12. The highest BCUT2D eigenvalue weighted by Gasteiger charge is 2.34. The molecule has 1 heterocycles. The number of halogens is 1. The van der Waals surface area contributed by atoms with Gasteiger partial charge in [0.25, 0.3) is 0 Å². The van der Waals surface area contributed by atoms with Crippen molar-refractivity contribution in [1.29, 1.82) is 0 Å². The minimum atomic E-state index is -1.40. The van der Waals surface area contributed by atoms with Crippen LogP contribution < -0.4 is 0 Å². The van der Waals surface area contributed by atoms with E-state index in [4.69, 9.17) is 0 Å². The molecule has 0 aromatic carbocycles. The predicted octanol–water partition coefficient (Wildman–Crippen LogP) is 3.45. The summed E-state index contributed by atoms with van der Waals surface area (Å²) in [5.41, 5.74) is -0.450. The standard InChI is InChI=1S/C12H16FN/c1-4-8-12(13,5-2)11-7-6-10(3)14-9-11/h4-6,9,11H,1-2,7-8H2,3H3. The van der Waals surface area contributed by atoms with Crippen molar-refractivity contribution in [2.45, 2.75) is 25.4 Å². The number of nitrogens with zero attached hydrogens (tertiary/aromatic N) is 1. The van der Waals surface area contributed by atoms with Crippen LogP contribution in [0, 0.1) is 5.92 Å². The summed E-state index contributed by atoms with van der Waals surface area (Å²) in [5, 5.41) is 0. The lowest BCUT2D eigenvalue weighted by atomic mass is 9.83. The maximum absolute atomic E-state index is 14.2. The van der Waals surface area contributed by atoms with Gasteiger partial charge in [-0.25, -0.2) is 4.39 Å². The Labute approximate surface area is 84.7 Å². The highest BCUT2D eigenvalue weighted by atomic mass is 19.1. The third kappa shape index (κ3) is 2.19. The van der Waals surface area contributed by atoms with Gasteiger partial charge in [-0.15, -0.1) is 6.58 Å². The van der Waals surface area contributed by atoms with E-state index in [0.717, 1.165) is 5.70 Å². The van der Waals surface area contributed by atoms with E-state index in [1.54, 1.807) is 12.3 Å². The molecule has 0 N–H and O–H groups in total. The van der Waals surface area contributed by atoms with Gasteiger partial charge in [-0.1, -0.05) is 24.8 Å². The Balaban J connectivity index is 2.77. The summed E-state index contributed by atoms with van der Waals surface area (Å²) < 4.78 is 14.2. The summed E-state index contributed by atoms with van der Waals surface area (Å²) in [5.74, 6) is -0.207. The molecule has 0 saturated carbocycles. The first-order chi connectivity index (χ1) is 6.62. The van der Waals surface area contributed by atoms with Crippen molar-refractivity contribution in [3.05, 3.63) is 37.1 Å². The van der Waals surface area contributed by atoms with Gasteiger partial charge < -0.3 is 0 Å². The van der Waals surface area contributed by atoms with E-state index < -0.39 is 5.67 Å². The van der Waals surface area contributed by atoms with Crippen molar-refractivity contribution in [2.24, 2.45) is 10.9 Å². The molecule has 1 aliphatic rings. The van der Waals surface area contributed by atoms with Crippen LogP contribution in [0.3, 0.4) is 0 Å². The van der Waals surface area contributed by atoms with Crippen molar-refractivity contribution >= 4 is 6.21 Å². The van der Waals surface area contributed by atoms with E-state index in [-0.39, 0.29) is 5.92 Å². The van der Waals surface area contributed by atoms with Crippen molar-refractivity contribution < 1.29 is 4.39 Å². The maximum Gasteiger partial charge on any atom is 0.140 e. The van der Waals surface area contributed by atoms with Crippen LogP contribution in [0.5, 0.6) is 0 Å². The van der Waals surface area contributed by atoms with Gasteiger partial charge in [-0.3, -0.25) is 4.99 Å². The lowest BCUT2D eigenvalue weighted by molar-refractivity contribution is 0.184. The molecule has 1 aliphatic heterocycles. The van der Waals surface area contributed by atoms with Gasteiger partial charge in [0.15, 0.2) is 0 Å². The molecule has 0 radical (unpaired) electrons. The third-order valence-corrected chi connectivity index (χ3v) is 2.54. The average Bonchev–Trinajstić information content (AvgIpc) is 2.19. The number of hydrogen-bond donors (Lipinski definition) is 0. The van der Waals surface area contributed by atoms with Crippen LogP contribution in [0.25, 0.3) is 0 Å². The Kier molecular flexibility index (Phi) is 3.39. The second kappa shape index (κ2) is 4.36. The molecular formula is C12H16FN. The highest BCUT2D eigenvalue weighted by molar-refractivity contribution is 5.66. The molecule has 0 saturated heterocycles. The summed E-state index contributed by atoms with van der Waals surface area (Å²) in [6, 6.07) is 0. The second-order valence-electron chi connectivity index (χ2n) is 3.59. The van der Waals surface area contributed by atoms with Crippen molar-refractivity contribution in [2.75, 3.05) is 0 Å². The normalized spacial score (nSPS) is 25.0. The molecule has 0 aromatic heterocycles. The number of allylic oxidation sites excluding steroid dienone is 4. The SMILES string of the molecule is C=CCC(F)(C=C)C1C=NC(C)=CC1. The van der Waals surface area contributed by atoms with Gasteiger partial charge in [-0.2, -0.15) is 0 Å². The van der Waals surface area contributed by atoms with Crippen molar-refractivity contribution in [1.82, 2.24) is 0 Å². The third-order valence-electron chi connectivity index (χ3n) is 2.54. The minimum absolute atomic E-state index is 0.207. The van der Waals surface area contributed by atoms with Crippen LogP contribution in [-0.4, -0.2) is 11.9 Å². The Morgan fingerprint density at radius 3 is 2.86 bits per heavy atom. The quantitative estimate of drug-likeness (QED) is 0.606. The van der Waals surface area contributed by atoms with Crippen LogP contribution >= 0.6 is 0 Å². The number of rotatable bonds is 4. The molecule has 0 spiro atoms. The summed E-state index contributed by atoms with van der Waals surface area (Å²) >= 11 is 0. The zero-order valence-electron chi connectivity index (χ0n) is 8.54. The lowest BCUT2D eigenvalue weighted by Crippen LogP contribution is -2.32. The minimum Gasteiger partial charge on any atom is -0.266 e. The molecule has 14 heavy (non-hydrogen) atoms. The van der Waals surface area contributed by atoms with E-state index in [0.29, 0.717) is 12.8 Å². The molecule has 0 fully saturated rings. The number of aliphatic imine (C=N–C) groups is 1. The molecule has 0 bridgehead atoms. The predicted molar refractivity (Wildman–Crippen MR) is 59.2 cm³/mol. The Morgan fingerprint density at radius 1 is 1.71 bits per heavy atom. The summed E-state index contributed by atoms with van der Waals surface area (Å²) in [7, 11) is 0. The lowest BCUT2D eigenvalue weighted by Gasteiger charge is -2.28. The molecular weight excluding hydrogens is 177 g/mol. The fourth-order valence-electron chi connectivity index (χ4n) is 1.55. The molecule has 1 rings (SSSR count). The molecule has 0 aliphatic carbocycles. The maximum atomic E-state index is 14.2. The Hall–Kier alpha value is -1.18. The largest absolute Gasteiger partial charge is 0.266 e. The zero-order valence-corrected chi connectivity index (χ0v) is 8.54. The highest BCUT2D eigenvalue weighted by Crippen LogP contribution is 2.32. The number of hydrogen-bond acceptors (Lipinski definition) is 1. The van der Waals surface area contributed by atoms with E-state index in [9.17, 15) is 4.39 Å². The fourth-order valence-corrected chi connectivity index (χ4v) is 1.55. The van der Waals surface area contributed by atoms with Crippen LogP contribution in [-0.2, 0) is 0 Å². The van der Waals surface area contributed by atoms with Crippen LogP contribution in [0.1, 0.15) is 19.8 Å². The monoisotopic (exact) mass is 193 g/mol. The van der Waals surface area contributed by atoms with Gasteiger partial charge in [0, 0.05) is 24.3 Å². The Morgan fingerprint density at radius 2 is 2.43 bits per heavy atom. The van der Waals surface area contributed by atoms with Gasteiger partial charge in [0.05, 0.1) is 0 Å². The smallest absolute Gasteiger partial charge is 0.140 e. The van der Waals surface area contributed by atoms with Crippen LogP contribution in [0.2, 0.25) is 0 Å². The van der Waals surface area contributed by atoms with Gasteiger partial charge in [0.1, 0.15) is 5.67 Å². The fraction of sp³-hybridized carbons (Fsp3) is 0.417. The Bertz CT molecular complexity index is 291. The van der Waals surface area contributed by atoms with Gasteiger partial charge >= 0.3 is 0 Å². The van der Waals surface area contributed by atoms with Crippen molar-refractivity contribution in [3.8, 4) is 0 Å². The van der Waals surface area contributed by atoms with E-state index >= 15 is 0 Å². The average molecular weight is 193 g/mol. The topological polar surface area (TPSA) is 12.4 Å². The molecule has 2 heteroatoms. The molecule has 2 atom stereocenters. The molecule has 0 amide bonds. The van der Waals surface area contributed by atoms with E-state index in [1.807, 2.05) is 13.0 Å². The molecule has 1 nitrogen and oxygen atoms in total. The molecule has 2 unspecified atom stereocenters. The van der Waals surface area contributed by atoms with Gasteiger partial charge in [-0.05, 0) is 13.3 Å². The van der Waals surface area contributed by atoms with Crippen LogP contribution in [0.4, 0.5) is 4.39 Å². The first kappa shape index (κ1) is 10.9. The zero-order chi connectivity index (χ0) is 10.6. The van der Waals surface area contributed by atoms with Crippen molar-refractivity contribution in [3.63, 3.8) is 0 Å². The first-order valence-corrected chi connectivity index (χ1v) is 4.76. The van der Waals surface area contributed by atoms with E-state index in [1.165, 1.54) is 6.08 Å².